The quantitative estimate of drug-likeness (QED) is 0.529. The van der Waals surface area contributed by atoms with Crippen LogP contribution >= 0.6 is 0 Å². The van der Waals surface area contributed by atoms with Crippen LogP contribution in [0, 0.1) is 0 Å². The molecule has 0 amide bonds. The summed E-state index contributed by atoms with van der Waals surface area (Å²) in [5, 5.41) is 0. The summed E-state index contributed by atoms with van der Waals surface area (Å²) in [6, 6.07) is 0. The fourth-order valence-electron chi connectivity index (χ4n) is 1.96. The van der Waals surface area contributed by atoms with Crippen LogP contribution in [0.5, 0.6) is 0 Å². The molecule has 7 nitrogen and oxygen atoms in total. The van der Waals surface area contributed by atoms with Gasteiger partial charge in [0.25, 0.3) is 10.1 Å². The molecule has 0 saturated heterocycles. The Hall–Kier alpha value is -0.00312. The van der Waals surface area contributed by atoms with Crippen molar-refractivity contribution in [1.82, 2.24) is 0 Å². The highest BCUT2D eigenvalue weighted by atomic mass is 32.3. The first-order chi connectivity index (χ1) is 8.86. The lowest BCUT2D eigenvalue weighted by Crippen LogP contribution is -2.34. The molecule has 1 fully saturated rings. The maximum Gasteiger partial charge on any atom is 0.390 e. The fourth-order valence-corrected chi connectivity index (χ4v) is 5.78. The Balaban J connectivity index is 2.47. The van der Waals surface area contributed by atoms with Crippen molar-refractivity contribution < 1.29 is 29.1 Å². The Morgan fingerprint density at radius 1 is 0.850 bits per heavy atom. The molecule has 0 aromatic heterocycles. The molecule has 0 radical (unpaired) electrons. The largest absolute Gasteiger partial charge is 0.390 e. The van der Waals surface area contributed by atoms with Gasteiger partial charge in [-0.25, -0.2) is 4.18 Å². The van der Waals surface area contributed by atoms with Crippen molar-refractivity contribution in [3.63, 3.8) is 0 Å². The highest BCUT2D eigenvalue weighted by molar-refractivity contribution is 7.86. The van der Waals surface area contributed by atoms with Crippen molar-refractivity contribution in [3.8, 4) is 0 Å². The molecule has 1 rings (SSSR count). The first-order valence-corrected chi connectivity index (χ1v) is 12.9. The monoisotopic (exact) mass is 346 g/mol. The van der Waals surface area contributed by atoms with Crippen molar-refractivity contribution >= 4 is 28.8 Å². The van der Waals surface area contributed by atoms with Crippen molar-refractivity contribution in [2.24, 2.45) is 0 Å². The average molecular weight is 346 g/mol. The lowest BCUT2D eigenvalue weighted by atomic mass is 9.95. The number of hydrogen-bond donors (Lipinski definition) is 0. The van der Waals surface area contributed by atoms with Crippen molar-refractivity contribution in [2.45, 2.75) is 57.5 Å². The van der Waals surface area contributed by atoms with Crippen LogP contribution in [0.4, 0.5) is 0 Å². The molecule has 0 N–H and O–H groups in total. The van der Waals surface area contributed by atoms with Gasteiger partial charge in [-0.2, -0.15) is 16.8 Å². The second kappa shape index (κ2) is 6.40. The van der Waals surface area contributed by atoms with Crippen LogP contribution in [0.15, 0.2) is 0 Å². The van der Waals surface area contributed by atoms with Gasteiger partial charge < -0.3 is 0 Å². The third-order valence-corrected chi connectivity index (χ3v) is 6.48. The van der Waals surface area contributed by atoms with E-state index < -0.39 is 41.0 Å². The van der Waals surface area contributed by atoms with Gasteiger partial charge in [0.2, 0.25) is 8.32 Å². The summed E-state index contributed by atoms with van der Waals surface area (Å²) in [5.41, 5.74) is 0. The zero-order valence-corrected chi connectivity index (χ0v) is 14.8. The van der Waals surface area contributed by atoms with E-state index >= 15 is 0 Å². The first-order valence-electron chi connectivity index (χ1n) is 6.38. The fraction of sp³-hybridized carbons (Fsp3) is 1.00. The van der Waals surface area contributed by atoms with Gasteiger partial charge in [0, 0.05) is 0 Å². The first kappa shape index (κ1) is 18.0. The molecule has 0 aromatic carbocycles. The minimum atomic E-state index is -3.99. The van der Waals surface area contributed by atoms with E-state index in [1.807, 2.05) is 0 Å². The molecule has 20 heavy (non-hydrogen) atoms. The topological polar surface area (TPSA) is 96.0 Å². The van der Waals surface area contributed by atoms with Crippen molar-refractivity contribution in [3.05, 3.63) is 0 Å². The molecule has 0 unspecified atom stereocenters. The SMILES string of the molecule is C[Si](C)(C)OS(=O)(=O)OC1CCC(OS(C)(=O)=O)CC1. The van der Waals surface area contributed by atoms with E-state index in [2.05, 4.69) is 0 Å². The summed E-state index contributed by atoms with van der Waals surface area (Å²) in [5.74, 6) is 0. The Morgan fingerprint density at radius 2 is 1.25 bits per heavy atom. The summed E-state index contributed by atoms with van der Waals surface area (Å²) in [6.45, 7) is 5.26. The highest BCUT2D eigenvalue weighted by Gasteiger charge is 2.31. The standard InChI is InChI=1S/C10H22O7S2Si/c1-18(11,12)15-9-5-7-10(8-6-9)16-19(13,14)17-20(2,3)4/h9-10H,5-8H2,1-4H3. The van der Waals surface area contributed by atoms with Crippen LogP contribution in [0.25, 0.3) is 0 Å². The van der Waals surface area contributed by atoms with Gasteiger partial charge in [-0.05, 0) is 45.3 Å². The van der Waals surface area contributed by atoms with Crippen LogP contribution < -0.4 is 0 Å². The van der Waals surface area contributed by atoms with Crippen LogP contribution in [-0.2, 0) is 32.8 Å². The van der Waals surface area contributed by atoms with Gasteiger partial charge in [-0.15, -0.1) is 0 Å². The van der Waals surface area contributed by atoms with Gasteiger partial charge >= 0.3 is 10.4 Å². The predicted octanol–water partition coefficient (Wildman–Crippen LogP) is 1.39. The van der Waals surface area contributed by atoms with E-state index in [0.29, 0.717) is 25.7 Å². The van der Waals surface area contributed by atoms with Gasteiger partial charge in [0.1, 0.15) is 0 Å². The Kier molecular flexibility index (Phi) is 5.78. The molecule has 10 heteroatoms. The van der Waals surface area contributed by atoms with E-state index in [1.54, 1.807) is 19.6 Å². The van der Waals surface area contributed by atoms with Gasteiger partial charge in [0.15, 0.2) is 0 Å². The molecule has 1 saturated carbocycles. The predicted molar refractivity (Wildman–Crippen MR) is 76.4 cm³/mol. The number of hydrogen-bond acceptors (Lipinski definition) is 7. The molecule has 1 aliphatic rings. The molecule has 0 spiro atoms. The van der Waals surface area contributed by atoms with Crippen molar-refractivity contribution in [1.29, 1.82) is 0 Å². The molecule has 0 atom stereocenters. The smallest absolute Gasteiger partial charge is 0.294 e. The summed E-state index contributed by atoms with van der Waals surface area (Å²) < 4.78 is 60.3. The minimum Gasteiger partial charge on any atom is -0.294 e. The molecule has 1 aliphatic carbocycles. The molecule has 0 aromatic rings. The second-order valence-electron chi connectivity index (χ2n) is 5.90. The zero-order chi connectivity index (χ0) is 15.6. The van der Waals surface area contributed by atoms with Crippen LogP contribution in [-0.4, -0.2) is 43.6 Å². The minimum absolute atomic E-state index is 0.398. The summed E-state index contributed by atoms with van der Waals surface area (Å²) in [4.78, 5) is 0. The molecule has 0 bridgehead atoms. The molecular formula is C10H22O7S2Si. The van der Waals surface area contributed by atoms with Crippen LogP contribution in [0.2, 0.25) is 19.6 Å². The maximum absolute atomic E-state index is 11.7. The van der Waals surface area contributed by atoms with Crippen molar-refractivity contribution in [2.75, 3.05) is 6.26 Å². The molecule has 120 valence electrons. The van der Waals surface area contributed by atoms with Gasteiger partial charge in [-0.1, -0.05) is 0 Å². The third kappa shape index (κ3) is 7.69. The van der Waals surface area contributed by atoms with Crippen LogP contribution in [0.3, 0.4) is 0 Å². The lowest BCUT2D eigenvalue weighted by molar-refractivity contribution is 0.0812. The van der Waals surface area contributed by atoms with Crippen LogP contribution in [0.1, 0.15) is 25.7 Å². The molecular weight excluding hydrogens is 324 g/mol. The van der Waals surface area contributed by atoms with E-state index in [4.69, 9.17) is 12.2 Å². The average Bonchev–Trinajstić information content (AvgIpc) is 2.14. The second-order valence-corrected chi connectivity index (χ2v) is 13.4. The Labute approximate surface area is 122 Å². The number of rotatable bonds is 6. The maximum atomic E-state index is 11.7. The summed E-state index contributed by atoms with van der Waals surface area (Å²) in [7, 11) is -9.71. The lowest BCUT2D eigenvalue weighted by Gasteiger charge is -2.27. The van der Waals surface area contributed by atoms with E-state index in [0.717, 1.165) is 6.26 Å². The normalized spacial score (nSPS) is 25.6. The highest BCUT2D eigenvalue weighted by Crippen LogP contribution is 2.26. The molecule has 0 heterocycles. The third-order valence-electron chi connectivity index (χ3n) is 2.54. The zero-order valence-electron chi connectivity index (χ0n) is 12.2. The molecule has 0 aliphatic heterocycles. The van der Waals surface area contributed by atoms with Gasteiger partial charge in [0.05, 0.1) is 18.5 Å². The van der Waals surface area contributed by atoms with E-state index in [-0.39, 0.29) is 0 Å². The van der Waals surface area contributed by atoms with Gasteiger partial charge in [-0.3, -0.25) is 8.06 Å². The summed E-state index contributed by atoms with van der Waals surface area (Å²) >= 11 is 0. The Morgan fingerprint density at radius 3 is 1.60 bits per heavy atom. The Bertz CT molecular complexity index is 512. The van der Waals surface area contributed by atoms with E-state index in [1.165, 1.54) is 0 Å². The van der Waals surface area contributed by atoms with E-state index in [9.17, 15) is 16.8 Å². The summed E-state index contributed by atoms with van der Waals surface area (Å²) in [6.07, 6.45) is 1.87.